The quantitative estimate of drug-likeness (QED) is 0.783. The summed E-state index contributed by atoms with van der Waals surface area (Å²) in [7, 11) is 0. The van der Waals surface area contributed by atoms with E-state index in [0.717, 1.165) is 0 Å². The van der Waals surface area contributed by atoms with Gasteiger partial charge in [0.2, 0.25) is 0 Å². The normalized spacial score (nSPS) is 20.8. The van der Waals surface area contributed by atoms with Gasteiger partial charge in [0.25, 0.3) is 0 Å². The Labute approximate surface area is 139 Å². The van der Waals surface area contributed by atoms with Gasteiger partial charge in [0, 0.05) is 6.54 Å². The zero-order valence-corrected chi connectivity index (χ0v) is 14.0. The van der Waals surface area contributed by atoms with Crippen LogP contribution in [0.4, 0.5) is 17.6 Å². The van der Waals surface area contributed by atoms with Crippen molar-refractivity contribution < 1.29 is 22.7 Å². The smallest absolute Gasteiger partial charge is 0.391 e. The van der Waals surface area contributed by atoms with Gasteiger partial charge in [-0.15, -0.1) is 0 Å². The van der Waals surface area contributed by atoms with Crippen molar-refractivity contribution in [3.8, 4) is 0 Å². The standard InChI is InChI=1S/C18H23F4NO/c1-12-4-5-14(19)8-15(12)16(2,3)11-17(24,18(20,21)22)9-13-6-7-23-10-13/h4-8,13,23-24H,9-11H2,1-3H3. The molecule has 134 valence electrons. The third kappa shape index (κ3) is 3.91. The lowest BCUT2D eigenvalue weighted by molar-refractivity contribution is -0.271. The fraction of sp³-hybridized carbons (Fsp3) is 0.556. The van der Waals surface area contributed by atoms with E-state index in [9.17, 15) is 22.7 Å². The highest BCUT2D eigenvalue weighted by molar-refractivity contribution is 5.33. The molecule has 0 aliphatic carbocycles. The van der Waals surface area contributed by atoms with Crippen molar-refractivity contribution in [3.63, 3.8) is 0 Å². The molecule has 0 saturated heterocycles. The number of hydrogen-bond acceptors (Lipinski definition) is 2. The second-order valence-corrected chi connectivity index (χ2v) is 7.28. The molecule has 0 saturated carbocycles. The predicted octanol–water partition coefficient (Wildman–Crippen LogP) is 4.22. The van der Waals surface area contributed by atoms with E-state index in [-0.39, 0.29) is 5.92 Å². The van der Waals surface area contributed by atoms with E-state index in [4.69, 9.17) is 0 Å². The summed E-state index contributed by atoms with van der Waals surface area (Å²) in [4.78, 5) is 0. The zero-order valence-electron chi connectivity index (χ0n) is 14.0. The van der Waals surface area contributed by atoms with Gasteiger partial charge < -0.3 is 10.4 Å². The Morgan fingerprint density at radius 1 is 1.25 bits per heavy atom. The lowest BCUT2D eigenvalue weighted by Gasteiger charge is -2.39. The third-order valence-electron chi connectivity index (χ3n) is 4.66. The molecule has 0 aromatic heterocycles. The number of aliphatic hydroxyl groups is 1. The first-order valence-electron chi connectivity index (χ1n) is 7.90. The molecule has 24 heavy (non-hydrogen) atoms. The first-order chi connectivity index (χ1) is 10.9. The number of aryl methyl sites for hydroxylation is 1. The van der Waals surface area contributed by atoms with Gasteiger partial charge in [-0.1, -0.05) is 26.0 Å². The minimum Gasteiger partial charge on any atom is -0.391 e. The second-order valence-electron chi connectivity index (χ2n) is 7.28. The fourth-order valence-corrected chi connectivity index (χ4v) is 3.50. The Kier molecular flexibility index (Phi) is 5.00. The summed E-state index contributed by atoms with van der Waals surface area (Å²) in [5, 5.41) is 13.3. The van der Waals surface area contributed by atoms with Gasteiger partial charge in [-0.25, -0.2) is 4.39 Å². The van der Waals surface area contributed by atoms with Crippen molar-refractivity contribution in [2.75, 3.05) is 6.54 Å². The van der Waals surface area contributed by atoms with Crippen LogP contribution in [0.3, 0.4) is 0 Å². The fourth-order valence-electron chi connectivity index (χ4n) is 3.50. The summed E-state index contributed by atoms with van der Waals surface area (Å²) >= 11 is 0. The molecule has 0 radical (unpaired) electrons. The number of alkyl halides is 3. The van der Waals surface area contributed by atoms with E-state index in [2.05, 4.69) is 5.32 Å². The Balaban J connectivity index is 2.33. The molecule has 2 rings (SSSR count). The molecule has 1 aromatic rings. The van der Waals surface area contributed by atoms with E-state index in [1.54, 1.807) is 39.1 Å². The molecule has 2 unspecified atom stereocenters. The zero-order chi connectivity index (χ0) is 18.2. The van der Waals surface area contributed by atoms with Gasteiger partial charge in [-0.3, -0.25) is 0 Å². The van der Waals surface area contributed by atoms with Crippen molar-refractivity contribution in [2.45, 2.75) is 50.8 Å². The van der Waals surface area contributed by atoms with Crippen LogP contribution in [0.2, 0.25) is 0 Å². The first-order valence-corrected chi connectivity index (χ1v) is 7.90. The molecule has 0 amide bonds. The molecule has 2 N–H and O–H groups in total. The summed E-state index contributed by atoms with van der Waals surface area (Å²) in [6, 6.07) is 4.08. The van der Waals surface area contributed by atoms with Gasteiger partial charge >= 0.3 is 6.18 Å². The van der Waals surface area contributed by atoms with Crippen molar-refractivity contribution in [1.82, 2.24) is 5.32 Å². The number of benzene rings is 1. The Morgan fingerprint density at radius 2 is 1.92 bits per heavy atom. The van der Waals surface area contributed by atoms with Gasteiger partial charge in [-0.2, -0.15) is 13.2 Å². The number of halogens is 4. The highest BCUT2D eigenvalue weighted by Crippen LogP contribution is 2.45. The molecule has 0 spiro atoms. The molecular weight excluding hydrogens is 322 g/mol. The van der Waals surface area contributed by atoms with Crippen LogP contribution in [0.25, 0.3) is 0 Å². The van der Waals surface area contributed by atoms with Crippen LogP contribution in [0.5, 0.6) is 0 Å². The lowest BCUT2D eigenvalue weighted by atomic mass is 9.71. The minimum absolute atomic E-state index is 0.373. The van der Waals surface area contributed by atoms with Crippen molar-refractivity contribution in [1.29, 1.82) is 0 Å². The highest BCUT2D eigenvalue weighted by atomic mass is 19.4. The monoisotopic (exact) mass is 345 g/mol. The summed E-state index contributed by atoms with van der Waals surface area (Å²) in [6.45, 7) is 5.31. The maximum Gasteiger partial charge on any atom is 0.417 e. The van der Waals surface area contributed by atoms with Crippen LogP contribution >= 0.6 is 0 Å². The van der Waals surface area contributed by atoms with Gasteiger partial charge in [0.1, 0.15) is 5.82 Å². The second kappa shape index (κ2) is 6.39. The van der Waals surface area contributed by atoms with E-state index in [0.29, 0.717) is 17.7 Å². The molecule has 2 nitrogen and oxygen atoms in total. The molecule has 1 aromatic carbocycles. The summed E-state index contributed by atoms with van der Waals surface area (Å²) in [5.41, 5.74) is -2.69. The SMILES string of the molecule is Cc1ccc(F)cc1C(C)(C)CC(O)(CC1C=CNC1)C(F)(F)F. The van der Waals surface area contributed by atoms with E-state index in [1.807, 2.05) is 0 Å². The number of rotatable bonds is 5. The molecule has 1 heterocycles. The topological polar surface area (TPSA) is 32.3 Å². The minimum atomic E-state index is -4.76. The predicted molar refractivity (Wildman–Crippen MR) is 85.0 cm³/mol. The Bertz CT molecular complexity index is 624. The van der Waals surface area contributed by atoms with Crippen molar-refractivity contribution in [2.24, 2.45) is 5.92 Å². The maximum absolute atomic E-state index is 13.6. The Morgan fingerprint density at radius 3 is 2.46 bits per heavy atom. The van der Waals surface area contributed by atoms with Gasteiger partial charge in [0.15, 0.2) is 5.60 Å². The van der Waals surface area contributed by atoms with Crippen molar-refractivity contribution >= 4 is 0 Å². The average molecular weight is 345 g/mol. The largest absolute Gasteiger partial charge is 0.417 e. The lowest BCUT2D eigenvalue weighted by Crippen LogP contribution is -2.50. The van der Waals surface area contributed by atoms with Crippen LogP contribution in [0.1, 0.15) is 37.8 Å². The van der Waals surface area contributed by atoms with Crippen LogP contribution in [-0.4, -0.2) is 23.4 Å². The van der Waals surface area contributed by atoms with Crippen LogP contribution < -0.4 is 5.32 Å². The van der Waals surface area contributed by atoms with E-state index < -0.39 is 35.9 Å². The average Bonchev–Trinajstić information content (AvgIpc) is 2.92. The van der Waals surface area contributed by atoms with E-state index in [1.165, 1.54) is 12.1 Å². The number of hydrogen-bond donors (Lipinski definition) is 2. The molecule has 0 bridgehead atoms. The van der Waals surface area contributed by atoms with Crippen LogP contribution in [0.15, 0.2) is 30.5 Å². The highest BCUT2D eigenvalue weighted by Gasteiger charge is 2.56. The van der Waals surface area contributed by atoms with Crippen molar-refractivity contribution in [3.05, 3.63) is 47.4 Å². The van der Waals surface area contributed by atoms with E-state index >= 15 is 0 Å². The molecule has 1 aliphatic heterocycles. The summed E-state index contributed by atoms with van der Waals surface area (Å²) in [5.74, 6) is -0.886. The molecule has 0 fully saturated rings. The third-order valence-corrected chi connectivity index (χ3v) is 4.66. The summed E-state index contributed by atoms with van der Waals surface area (Å²) < 4.78 is 54.4. The molecule has 1 aliphatic rings. The van der Waals surface area contributed by atoms with Crippen LogP contribution in [0, 0.1) is 18.7 Å². The summed E-state index contributed by atoms with van der Waals surface area (Å²) in [6.07, 6.45) is -2.47. The Hall–Kier alpha value is -1.56. The molecule has 6 heteroatoms. The molecule has 2 atom stereocenters. The van der Waals surface area contributed by atoms with Gasteiger partial charge in [0.05, 0.1) is 0 Å². The van der Waals surface area contributed by atoms with Gasteiger partial charge in [-0.05, 0) is 60.6 Å². The molecular formula is C18H23F4NO. The number of nitrogens with one attached hydrogen (secondary N) is 1. The first kappa shape index (κ1) is 18.8. The maximum atomic E-state index is 13.6. The van der Waals surface area contributed by atoms with Crippen LogP contribution in [-0.2, 0) is 5.41 Å².